The molecule has 4 aromatic carbocycles. The second-order valence-electron chi connectivity index (χ2n) is 7.28. The molecule has 4 rings (SSSR count). The Kier molecular flexibility index (Phi) is 7.10. The van der Waals surface area contributed by atoms with Gasteiger partial charge in [-0.15, -0.1) is 0 Å². The Morgan fingerprint density at radius 2 is 1.59 bits per heavy atom. The van der Waals surface area contributed by atoms with Crippen molar-refractivity contribution >= 4 is 28.9 Å². The van der Waals surface area contributed by atoms with Gasteiger partial charge in [0.25, 0.3) is 5.91 Å². The van der Waals surface area contributed by atoms with Crippen LogP contribution in [0.5, 0.6) is 11.5 Å². The van der Waals surface area contributed by atoms with Crippen LogP contribution in [-0.4, -0.2) is 24.7 Å². The molecule has 0 aliphatic heterocycles. The number of hydrazone groups is 1. The van der Waals surface area contributed by atoms with E-state index in [1.54, 1.807) is 60.7 Å². The van der Waals surface area contributed by atoms with Crippen molar-refractivity contribution in [2.24, 2.45) is 5.10 Å². The molecule has 1 amide bonds. The van der Waals surface area contributed by atoms with Gasteiger partial charge in [0.1, 0.15) is 18.1 Å². The van der Waals surface area contributed by atoms with Gasteiger partial charge >= 0.3 is 5.97 Å². The summed E-state index contributed by atoms with van der Waals surface area (Å²) in [6, 6.07) is 26.7. The van der Waals surface area contributed by atoms with Crippen molar-refractivity contribution in [1.82, 2.24) is 5.43 Å². The molecule has 0 saturated heterocycles. The molecule has 0 fully saturated rings. The standard InChI is InChI=1S/C28H22N2O4/c1-2-18-33-23-15-12-21(13-16-23)27(31)30-29-19-25-24-11-7-6-8-20(24)14-17-26(25)34-28(32)22-9-4-3-5-10-22/h2-17,19H,1,18H2,(H,30,31)/b29-19+. The molecule has 0 unspecified atom stereocenters. The van der Waals surface area contributed by atoms with E-state index in [4.69, 9.17) is 9.47 Å². The molecule has 0 spiro atoms. The van der Waals surface area contributed by atoms with Crippen LogP contribution >= 0.6 is 0 Å². The van der Waals surface area contributed by atoms with E-state index in [9.17, 15) is 9.59 Å². The number of rotatable bonds is 8. The lowest BCUT2D eigenvalue weighted by Gasteiger charge is -2.10. The summed E-state index contributed by atoms with van der Waals surface area (Å²) < 4.78 is 11.1. The molecular formula is C28H22N2O4. The van der Waals surface area contributed by atoms with Crippen LogP contribution in [-0.2, 0) is 0 Å². The van der Waals surface area contributed by atoms with Crippen LogP contribution in [0.2, 0.25) is 0 Å². The Morgan fingerprint density at radius 1 is 0.853 bits per heavy atom. The molecule has 4 aromatic rings. The third-order valence-electron chi connectivity index (χ3n) is 4.99. The fraction of sp³-hybridized carbons (Fsp3) is 0.0357. The van der Waals surface area contributed by atoms with Gasteiger partial charge in [-0.3, -0.25) is 4.79 Å². The van der Waals surface area contributed by atoms with Crippen molar-refractivity contribution in [3.63, 3.8) is 0 Å². The second-order valence-corrected chi connectivity index (χ2v) is 7.28. The first-order chi connectivity index (χ1) is 16.7. The highest BCUT2D eigenvalue weighted by Gasteiger charge is 2.13. The van der Waals surface area contributed by atoms with E-state index in [1.807, 2.05) is 36.4 Å². The van der Waals surface area contributed by atoms with Gasteiger partial charge in [-0.1, -0.05) is 61.2 Å². The number of nitrogens with zero attached hydrogens (tertiary/aromatic N) is 1. The van der Waals surface area contributed by atoms with Crippen molar-refractivity contribution in [3.05, 3.63) is 120 Å². The van der Waals surface area contributed by atoms with Gasteiger partial charge in [0.05, 0.1) is 11.8 Å². The van der Waals surface area contributed by atoms with Crippen LogP contribution in [0.4, 0.5) is 0 Å². The third-order valence-corrected chi connectivity index (χ3v) is 4.99. The Balaban J connectivity index is 1.55. The number of esters is 1. The Bertz CT molecular complexity index is 1350. The van der Waals surface area contributed by atoms with E-state index >= 15 is 0 Å². The molecule has 168 valence electrons. The highest BCUT2D eigenvalue weighted by Crippen LogP contribution is 2.27. The van der Waals surface area contributed by atoms with E-state index in [2.05, 4.69) is 17.1 Å². The zero-order valence-corrected chi connectivity index (χ0v) is 18.3. The fourth-order valence-corrected chi connectivity index (χ4v) is 3.31. The normalized spacial score (nSPS) is 10.7. The smallest absolute Gasteiger partial charge is 0.343 e. The summed E-state index contributed by atoms with van der Waals surface area (Å²) in [4.78, 5) is 25.1. The quantitative estimate of drug-likeness (QED) is 0.128. The van der Waals surface area contributed by atoms with Gasteiger partial charge in [0.15, 0.2) is 0 Å². The lowest BCUT2D eigenvalue weighted by molar-refractivity contribution is 0.0734. The summed E-state index contributed by atoms with van der Waals surface area (Å²) in [5, 5.41) is 5.91. The predicted molar refractivity (Wildman–Crippen MR) is 133 cm³/mol. The zero-order chi connectivity index (χ0) is 23.8. The largest absolute Gasteiger partial charge is 0.490 e. The van der Waals surface area contributed by atoms with Crippen molar-refractivity contribution < 1.29 is 19.1 Å². The summed E-state index contributed by atoms with van der Waals surface area (Å²) in [7, 11) is 0. The minimum atomic E-state index is -0.478. The molecule has 0 aliphatic carbocycles. The molecule has 0 aliphatic rings. The molecule has 6 nitrogen and oxygen atoms in total. The van der Waals surface area contributed by atoms with Crippen molar-refractivity contribution in [3.8, 4) is 11.5 Å². The van der Waals surface area contributed by atoms with Gasteiger partial charge in [-0.05, 0) is 53.2 Å². The highest BCUT2D eigenvalue weighted by molar-refractivity contribution is 6.04. The van der Waals surface area contributed by atoms with Crippen LogP contribution in [0.15, 0.2) is 109 Å². The van der Waals surface area contributed by atoms with Crippen LogP contribution in [0.25, 0.3) is 10.8 Å². The van der Waals surface area contributed by atoms with Crippen LogP contribution in [0, 0.1) is 0 Å². The van der Waals surface area contributed by atoms with Crippen LogP contribution in [0.1, 0.15) is 26.3 Å². The summed E-state index contributed by atoms with van der Waals surface area (Å²) >= 11 is 0. The average molecular weight is 450 g/mol. The first-order valence-electron chi connectivity index (χ1n) is 10.6. The van der Waals surface area contributed by atoms with E-state index in [0.29, 0.717) is 34.8 Å². The number of hydrogen-bond acceptors (Lipinski definition) is 5. The Labute approximate surface area is 197 Å². The molecule has 0 heterocycles. The highest BCUT2D eigenvalue weighted by atomic mass is 16.5. The summed E-state index contributed by atoms with van der Waals surface area (Å²) in [6.45, 7) is 3.99. The lowest BCUT2D eigenvalue weighted by atomic mass is 10.0. The number of amides is 1. The second kappa shape index (κ2) is 10.7. The molecule has 1 N–H and O–H groups in total. The maximum Gasteiger partial charge on any atom is 0.343 e. The number of nitrogens with one attached hydrogen (secondary N) is 1. The number of carbonyl (C=O) groups is 2. The van der Waals surface area contributed by atoms with Crippen molar-refractivity contribution in [1.29, 1.82) is 0 Å². The predicted octanol–water partition coefficient (Wildman–Crippen LogP) is 5.39. The van der Waals surface area contributed by atoms with Crippen molar-refractivity contribution in [2.45, 2.75) is 0 Å². The first-order valence-corrected chi connectivity index (χ1v) is 10.6. The Morgan fingerprint density at radius 3 is 2.35 bits per heavy atom. The third kappa shape index (κ3) is 5.37. The molecule has 0 bridgehead atoms. The van der Waals surface area contributed by atoms with Crippen LogP contribution in [0.3, 0.4) is 0 Å². The first kappa shape index (κ1) is 22.5. The molecule has 0 radical (unpaired) electrons. The average Bonchev–Trinajstić information content (AvgIpc) is 2.89. The monoisotopic (exact) mass is 450 g/mol. The molecule has 0 aromatic heterocycles. The minimum absolute atomic E-state index is 0.342. The zero-order valence-electron chi connectivity index (χ0n) is 18.3. The van der Waals surface area contributed by atoms with Gasteiger partial charge < -0.3 is 9.47 Å². The van der Waals surface area contributed by atoms with E-state index in [-0.39, 0.29) is 5.91 Å². The van der Waals surface area contributed by atoms with E-state index in [0.717, 1.165) is 10.8 Å². The Hall–Kier alpha value is -4.71. The number of benzene rings is 4. The number of ether oxygens (including phenoxy) is 2. The molecule has 6 heteroatoms. The van der Waals surface area contributed by atoms with Gasteiger partial charge in [-0.25, -0.2) is 10.2 Å². The minimum Gasteiger partial charge on any atom is -0.490 e. The van der Waals surface area contributed by atoms with Gasteiger partial charge in [-0.2, -0.15) is 5.10 Å². The topological polar surface area (TPSA) is 77.0 Å². The number of carbonyl (C=O) groups excluding carboxylic acids is 2. The molecule has 0 saturated carbocycles. The SMILES string of the molecule is C=CCOc1ccc(C(=O)N/N=C/c2c(OC(=O)c3ccccc3)ccc3ccccc23)cc1. The summed E-state index contributed by atoms with van der Waals surface area (Å²) in [5.41, 5.74) is 3.96. The maximum absolute atomic E-state index is 12.6. The van der Waals surface area contributed by atoms with E-state index < -0.39 is 5.97 Å². The van der Waals surface area contributed by atoms with E-state index in [1.165, 1.54) is 6.21 Å². The van der Waals surface area contributed by atoms with Crippen molar-refractivity contribution in [2.75, 3.05) is 6.61 Å². The lowest BCUT2D eigenvalue weighted by Crippen LogP contribution is -2.17. The van der Waals surface area contributed by atoms with Crippen LogP contribution < -0.4 is 14.9 Å². The van der Waals surface area contributed by atoms with Gasteiger partial charge in [0, 0.05) is 11.1 Å². The van der Waals surface area contributed by atoms with Gasteiger partial charge in [0.2, 0.25) is 0 Å². The summed E-state index contributed by atoms with van der Waals surface area (Å²) in [6.07, 6.45) is 3.13. The molecule has 34 heavy (non-hydrogen) atoms. The maximum atomic E-state index is 12.6. The summed E-state index contributed by atoms with van der Waals surface area (Å²) in [5.74, 6) is 0.123. The molecule has 0 atom stereocenters. The number of hydrogen-bond donors (Lipinski definition) is 1. The number of fused-ring (bicyclic) bond motifs is 1. The fourth-order valence-electron chi connectivity index (χ4n) is 3.31. The molecular weight excluding hydrogens is 428 g/mol.